The van der Waals surface area contributed by atoms with Crippen LogP contribution in [0.25, 0.3) is 0 Å². The van der Waals surface area contributed by atoms with E-state index in [1.54, 1.807) is 6.08 Å². The molecule has 1 amide bonds. The second-order valence-corrected chi connectivity index (χ2v) is 20.0. The van der Waals surface area contributed by atoms with Gasteiger partial charge in [0.2, 0.25) is 5.91 Å². The van der Waals surface area contributed by atoms with Gasteiger partial charge in [0.05, 0.1) is 25.4 Å². The number of nitrogens with one attached hydrogen (secondary N) is 1. The second-order valence-electron chi connectivity index (χ2n) is 20.0. The number of hydrogen-bond acceptors (Lipinski definition) is 5. The molecule has 0 aromatic carbocycles. The average Bonchev–Trinajstić information content (AvgIpc) is 3.29. The van der Waals surface area contributed by atoms with E-state index < -0.39 is 12.1 Å². The van der Waals surface area contributed by atoms with Crippen LogP contribution in [0.1, 0.15) is 322 Å². The minimum Gasteiger partial charge on any atom is -0.466 e. The van der Waals surface area contributed by atoms with E-state index in [-0.39, 0.29) is 18.5 Å². The zero-order valence-electron chi connectivity index (χ0n) is 43.3. The van der Waals surface area contributed by atoms with Gasteiger partial charge in [0, 0.05) is 12.8 Å². The predicted molar refractivity (Wildman–Crippen MR) is 278 cm³/mol. The molecule has 6 heteroatoms. The number of hydrogen-bond donors (Lipinski definition) is 3. The Kier molecular flexibility index (Phi) is 53.0. The molecule has 0 aliphatic heterocycles. The lowest BCUT2D eigenvalue weighted by molar-refractivity contribution is -0.143. The average molecular weight is 905 g/mol. The number of aliphatic hydroxyl groups excluding tert-OH is 2. The molecular weight excluding hydrogens is 791 g/mol. The molecule has 0 bridgehead atoms. The molecule has 0 aliphatic carbocycles. The Morgan fingerprint density at radius 2 is 0.719 bits per heavy atom. The fraction of sp³-hybridized carbons (Fsp3) is 0.931. The summed E-state index contributed by atoms with van der Waals surface area (Å²) in [6, 6.07) is -0.641. The van der Waals surface area contributed by atoms with Crippen molar-refractivity contribution in [2.45, 2.75) is 334 Å². The van der Waals surface area contributed by atoms with Crippen LogP contribution in [0.15, 0.2) is 12.2 Å². The number of carbonyl (C=O) groups is 2. The van der Waals surface area contributed by atoms with Gasteiger partial charge in [-0.3, -0.25) is 9.59 Å². The number of aliphatic hydroxyl groups is 2. The van der Waals surface area contributed by atoms with Gasteiger partial charge in [0.15, 0.2) is 0 Å². The Morgan fingerprint density at radius 1 is 0.422 bits per heavy atom. The Morgan fingerprint density at radius 3 is 1.06 bits per heavy atom. The Bertz CT molecular complexity index is 955. The van der Waals surface area contributed by atoms with Crippen LogP contribution in [0.4, 0.5) is 0 Å². The van der Waals surface area contributed by atoms with Crippen molar-refractivity contribution >= 4 is 11.9 Å². The van der Waals surface area contributed by atoms with Crippen LogP contribution >= 0.6 is 0 Å². The quantitative estimate of drug-likeness (QED) is 0.0321. The van der Waals surface area contributed by atoms with Gasteiger partial charge in [-0.2, -0.15) is 0 Å². The van der Waals surface area contributed by atoms with E-state index in [2.05, 4.69) is 19.2 Å². The highest BCUT2D eigenvalue weighted by molar-refractivity contribution is 5.76. The van der Waals surface area contributed by atoms with Crippen LogP contribution < -0.4 is 5.32 Å². The summed E-state index contributed by atoms with van der Waals surface area (Å²) < 4.78 is 5.48. The van der Waals surface area contributed by atoms with Crippen LogP contribution in [0, 0.1) is 0 Å². The highest BCUT2D eigenvalue weighted by atomic mass is 16.5. The van der Waals surface area contributed by atoms with E-state index in [1.165, 1.54) is 238 Å². The third-order valence-electron chi connectivity index (χ3n) is 13.6. The first-order valence-electron chi connectivity index (χ1n) is 29.0. The SMILES string of the molecule is CCCCCCCCCCCCCCCCCCC/C=C/C(O)C(CO)NC(=O)CCCCCCCCCCCCCOC(=O)CCCCCCCCCCCCCCCCCCC. The first kappa shape index (κ1) is 62.6. The summed E-state index contributed by atoms with van der Waals surface area (Å²) in [6.07, 6.45) is 63.7. The normalized spacial score (nSPS) is 12.6. The first-order valence-corrected chi connectivity index (χ1v) is 29.0. The lowest BCUT2D eigenvalue weighted by Gasteiger charge is -2.20. The van der Waals surface area contributed by atoms with Gasteiger partial charge in [-0.1, -0.05) is 289 Å². The third-order valence-corrected chi connectivity index (χ3v) is 13.6. The number of allylic oxidation sites excluding steroid dienone is 1. The number of unbranched alkanes of at least 4 members (excludes halogenated alkanes) is 43. The molecule has 0 radical (unpaired) electrons. The monoisotopic (exact) mass is 904 g/mol. The number of esters is 1. The van der Waals surface area contributed by atoms with Crippen LogP contribution in [-0.4, -0.2) is 47.4 Å². The highest BCUT2D eigenvalue weighted by Crippen LogP contribution is 2.17. The first-order chi connectivity index (χ1) is 31.5. The molecule has 0 saturated heterocycles. The molecule has 0 fully saturated rings. The summed E-state index contributed by atoms with van der Waals surface area (Å²) in [6.45, 7) is 4.89. The fourth-order valence-corrected chi connectivity index (χ4v) is 9.11. The lowest BCUT2D eigenvalue weighted by atomic mass is 10.0. The van der Waals surface area contributed by atoms with Gasteiger partial charge in [-0.25, -0.2) is 0 Å². The summed E-state index contributed by atoms with van der Waals surface area (Å²) in [7, 11) is 0. The lowest BCUT2D eigenvalue weighted by Crippen LogP contribution is -2.45. The number of amides is 1. The molecule has 2 unspecified atom stereocenters. The smallest absolute Gasteiger partial charge is 0.305 e. The van der Waals surface area contributed by atoms with Crippen molar-refractivity contribution in [3.63, 3.8) is 0 Å². The maximum absolute atomic E-state index is 12.5. The van der Waals surface area contributed by atoms with Crippen LogP contribution in [0.2, 0.25) is 0 Å². The fourth-order valence-electron chi connectivity index (χ4n) is 9.11. The molecular formula is C58H113NO5. The van der Waals surface area contributed by atoms with Crippen molar-refractivity contribution < 1.29 is 24.5 Å². The minimum absolute atomic E-state index is 0.0107. The minimum atomic E-state index is -0.856. The maximum Gasteiger partial charge on any atom is 0.305 e. The predicted octanol–water partition coefficient (Wildman–Crippen LogP) is 17.7. The van der Waals surface area contributed by atoms with E-state index in [9.17, 15) is 19.8 Å². The van der Waals surface area contributed by atoms with E-state index in [0.717, 1.165) is 57.8 Å². The summed E-state index contributed by atoms with van der Waals surface area (Å²) in [5, 5.41) is 23.1. The van der Waals surface area contributed by atoms with Gasteiger partial charge < -0.3 is 20.3 Å². The molecule has 0 aliphatic rings. The molecule has 3 N–H and O–H groups in total. The number of rotatable bonds is 54. The van der Waals surface area contributed by atoms with Gasteiger partial charge >= 0.3 is 5.97 Å². The summed E-state index contributed by atoms with van der Waals surface area (Å²) in [5.41, 5.74) is 0. The van der Waals surface area contributed by atoms with Gasteiger partial charge in [-0.05, 0) is 32.1 Å². The van der Waals surface area contributed by atoms with Crippen molar-refractivity contribution in [3.05, 3.63) is 12.2 Å². The van der Waals surface area contributed by atoms with Crippen molar-refractivity contribution in [2.24, 2.45) is 0 Å². The molecule has 380 valence electrons. The third kappa shape index (κ3) is 50.0. The highest BCUT2D eigenvalue weighted by Gasteiger charge is 2.18. The summed E-state index contributed by atoms with van der Waals surface area (Å²) in [4.78, 5) is 24.5. The number of ether oxygens (including phenoxy) is 1. The molecule has 0 saturated carbocycles. The van der Waals surface area contributed by atoms with Crippen molar-refractivity contribution in [1.82, 2.24) is 5.32 Å². The second kappa shape index (κ2) is 54.2. The summed E-state index contributed by atoms with van der Waals surface area (Å²) >= 11 is 0. The van der Waals surface area contributed by atoms with Gasteiger partial charge in [-0.15, -0.1) is 0 Å². The van der Waals surface area contributed by atoms with Crippen LogP contribution in [0.5, 0.6) is 0 Å². The van der Waals surface area contributed by atoms with Crippen LogP contribution in [0.3, 0.4) is 0 Å². The molecule has 0 rings (SSSR count). The van der Waals surface area contributed by atoms with E-state index in [4.69, 9.17) is 4.74 Å². The standard InChI is InChI=1S/C58H113NO5/c1-3-5-7-9-11-13-15-17-19-21-22-24-25-27-30-34-38-42-46-50-56(61)55(54-60)59-57(62)51-47-43-39-35-31-29-33-37-41-45-49-53-64-58(63)52-48-44-40-36-32-28-26-23-20-18-16-14-12-10-8-6-4-2/h46,50,55-56,60-61H,3-45,47-49,51-54H2,1-2H3,(H,59,62)/b50-46+. The van der Waals surface area contributed by atoms with Crippen molar-refractivity contribution in [2.75, 3.05) is 13.2 Å². The Hall–Kier alpha value is -1.40. The molecule has 0 spiro atoms. The molecule has 0 heterocycles. The molecule has 0 aromatic heterocycles. The van der Waals surface area contributed by atoms with Gasteiger partial charge in [0.25, 0.3) is 0 Å². The maximum atomic E-state index is 12.5. The molecule has 6 nitrogen and oxygen atoms in total. The number of carbonyl (C=O) groups excluding carboxylic acids is 2. The van der Waals surface area contributed by atoms with Crippen molar-refractivity contribution in [3.8, 4) is 0 Å². The molecule has 64 heavy (non-hydrogen) atoms. The Balaban J connectivity index is 3.47. The van der Waals surface area contributed by atoms with Crippen molar-refractivity contribution in [1.29, 1.82) is 0 Å². The Labute approximate surface area is 399 Å². The zero-order chi connectivity index (χ0) is 46.5. The molecule has 0 aromatic rings. The topological polar surface area (TPSA) is 95.9 Å². The van der Waals surface area contributed by atoms with Gasteiger partial charge in [0.1, 0.15) is 0 Å². The van der Waals surface area contributed by atoms with E-state index in [0.29, 0.717) is 19.4 Å². The zero-order valence-corrected chi connectivity index (χ0v) is 43.3. The molecule has 2 atom stereocenters. The van der Waals surface area contributed by atoms with Crippen LogP contribution in [-0.2, 0) is 14.3 Å². The largest absolute Gasteiger partial charge is 0.466 e. The van der Waals surface area contributed by atoms with E-state index >= 15 is 0 Å². The summed E-state index contributed by atoms with van der Waals surface area (Å²) in [5.74, 6) is -0.0940. The van der Waals surface area contributed by atoms with E-state index in [1.807, 2.05) is 6.08 Å².